The van der Waals surface area contributed by atoms with Gasteiger partial charge in [-0.3, -0.25) is 9.52 Å². The van der Waals surface area contributed by atoms with Crippen LogP contribution in [0.2, 0.25) is 0 Å². The van der Waals surface area contributed by atoms with Gasteiger partial charge in [-0.2, -0.15) is 0 Å². The molecule has 88 valence electrons. The molecule has 0 saturated carbocycles. The van der Waals surface area contributed by atoms with Crippen LogP contribution in [-0.2, 0) is 10.0 Å². The summed E-state index contributed by atoms with van der Waals surface area (Å²) in [5, 5.41) is 11.8. The van der Waals surface area contributed by atoms with E-state index in [1.165, 1.54) is 25.2 Å². The van der Waals surface area contributed by atoms with Crippen LogP contribution in [0.25, 0.3) is 0 Å². The number of hydrogen-bond donors (Lipinski definition) is 3. The van der Waals surface area contributed by atoms with Crippen molar-refractivity contribution in [3.05, 3.63) is 23.8 Å². The van der Waals surface area contributed by atoms with Gasteiger partial charge in [0, 0.05) is 7.05 Å². The number of carbonyl (C=O) groups excluding carboxylic acids is 1. The van der Waals surface area contributed by atoms with Crippen LogP contribution in [0.1, 0.15) is 10.4 Å². The Balaban J connectivity index is 3.29. The number of aromatic hydroxyl groups is 1. The molecule has 6 nitrogen and oxygen atoms in total. The Bertz CT molecular complexity index is 510. The summed E-state index contributed by atoms with van der Waals surface area (Å²) in [6.07, 6.45) is 0.938. The molecule has 0 radical (unpaired) electrons. The van der Waals surface area contributed by atoms with Gasteiger partial charge < -0.3 is 10.4 Å². The molecular weight excluding hydrogens is 232 g/mol. The Morgan fingerprint density at radius 3 is 2.50 bits per heavy atom. The average Bonchev–Trinajstić information content (AvgIpc) is 2.18. The molecule has 0 unspecified atom stereocenters. The molecule has 0 bridgehead atoms. The number of amides is 1. The van der Waals surface area contributed by atoms with Gasteiger partial charge in [0.25, 0.3) is 5.91 Å². The van der Waals surface area contributed by atoms with E-state index in [9.17, 15) is 18.3 Å². The molecule has 16 heavy (non-hydrogen) atoms. The highest BCUT2D eigenvalue weighted by Gasteiger charge is 2.16. The lowest BCUT2D eigenvalue weighted by Gasteiger charge is -2.10. The number of sulfonamides is 1. The first kappa shape index (κ1) is 12.3. The molecule has 0 heterocycles. The van der Waals surface area contributed by atoms with Gasteiger partial charge in [0.2, 0.25) is 10.0 Å². The molecule has 0 spiro atoms. The number of nitrogens with one attached hydrogen (secondary N) is 2. The normalized spacial score (nSPS) is 10.9. The van der Waals surface area contributed by atoms with Gasteiger partial charge in [-0.15, -0.1) is 0 Å². The van der Waals surface area contributed by atoms with Gasteiger partial charge in [-0.05, 0) is 12.1 Å². The first-order valence-electron chi connectivity index (χ1n) is 4.37. The summed E-state index contributed by atoms with van der Waals surface area (Å²) in [4.78, 5) is 11.4. The predicted octanol–water partition coefficient (Wildman–Crippen LogP) is 0.123. The van der Waals surface area contributed by atoms with Gasteiger partial charge in [0.1, 0.15) is 11.4 Å². The largest absolute Gasteiger partial charge is 0.506 e. The van der Waals surface area contributed by atoms with Crippen LogP contribution in [0.5, 0.6) is 5.75 Å². The minimum absolute atomic E-state index is 0.0629. The highest BCUT2D eigenvalue weighted by Crippen LogP contribution is 2.27. The van der Waals surface area contributed by atoms with Crippen molar-refractivity contribution in [1.29, 1.82) is 0 Å². The number of hydrogen-bond acceptors (Lipinski definition) is 4. The molecule has 1 aromatic carbocycles. The van der Waals surface area contributed by atoms with E-state index in [0.717, 1.165) is 6.26 Å². The van der Waals surface area contributed by atoms with Crippen LogP contribution in [0, 0.1) is 0 Å². The maximum atomic E-state index is 11.4. The molecule has 0 fully saturated rings. The zero-order chi connectivity index (χ0) is 12.3. The highest BCUT2D eigenvalue weighted by atomic mass is 32.2. The number of anilines is 1. The molecule has 0 aromatic heterocycles. The zero-order valence-electron chi connectivity index (χ0n) is 8.81. The number of benzene rings is 1. The van der Waals surface area contributed by atoms with Crippen molar-refractivity contribution in [3.8, 4) is 5.75 Å². The molecule has 1 aromatic rings. The zero-order valence-corrected chi connectivity index (χ0v) is 9.63. The van der Waals surface area contributed by atoms with E-state index in [-0.39, 0.29) is 17.0 Å². The summed E-state index contributed by atoms with van der Waals surface area (Å²) in [5.74, 6) is -0.784. The third-order valence-electron chi connectivity index (χ3n) is 1.80. The van der Waals surface area contributed by atoms with E-state index >= 15 is 0 Å². The fourth-order valence-electron chi connectivity index (χ4n) is 1.16. The smallest absolute Gasteiger partial charge is 0.253 e. The van der Waals surface area contributed by atoms with Gasteiger partial charge in [0.05, 0.1) is 11.8 Å². The number of rotatable bonds is 3. The second-order valence-electron chi connectivity index (χ2n) is 3.15. The first-order chi connectivity index (χ1) is 7.35. The lowest BCUT2D eigenvalue weighted by Crippen LogP contribution is -2.21. The van der Waals surface area contributed by atoms with Crippen molar-refractivity contribution in [2.45, 2.75) is 0 Å². The van der Waals surface area contributed by atoms with Gasteiger partial charge in [-0.25, -0.2) is 8.42 Å². The third-order valence-corrected chi connectivity index (χ3v) is 2.38. The molecule has 3 N–H and O–H groups in total. The molecular formula is C9H12N2O4S. The standard InChI is InChI=1S/C9H12N2O4S/c1-10-9(13)6-4-3-5-7(12)8(6)11-16(2,14)15/h3-5,11-12H,1-2H3,(H,10,13). The maximum Gasteiger partial charge on any atom is 0.253 e. The Morgan fingerprint density at radius 2 is 2.00 bits per heavy atom. The van der Waals surface area contributed by atoms with Gasteiger partial charge >= 0.3 is 0 Å². The average molecular weight is 244 g/mol. The summed E-state index contributed by atoms with van der Waals surface area (Å²) in [6, 6.07) is 4.15. The minimum Gasteiger partial charge on any atom is -0.506 e. The molecule has 0 aliphatic rings. The van der Waals surface area contributed by atoms with Crippen LogP contribution < -0.4 is 10.0 Å². The molecule has 1 amide bonds. The minimum atomic E-state index is -3.55. The van der Waals surface area contributed by atoms with E-state index in [4.69, 9.17) is 0 Å². The quantitative estimate of drug-likeness (QED) is 0.658. The van der Waals surface area contributed by atoms with Crippen LogP contribution >= 0.6 is 0 Å². The van der Waals surface area contributed by atoms with Crippen molar-refractivity contribution in [1.82, 2.24) is 5.32 Å². The number of phenolic OH excluding ortho intramolecular Hbond substituents is 1. The second kappa shape index (κ2) is 4.40. The topological polar surface area (TPSA) is 95.5 Å². The molecule has 1 rings (SSSR count). The SMILES string of the molecule is CNC(=O)c1cccc(O)c1NS(C)(=O)=O. The Morgan fingerprint density at radius 1 is 1.38 bits per heavy atom. The number of carbonyl (C=O) groups is 1. The molecule has 0 aliphatic heterocycles. The summed E-state index contributed by atoms with van der Waals surface area (Å²) in [7, 11) is -2.14. The second-order valence-corrected chi connectivity index (χ2v) is 4.90. The molecule has 0 saturated heterocycles. The van der Waals surface area contributed by atoms with E-state index in [1.807, 2.05) is 0 Å². The first-order valence-corrected chi connectivity index (χ1v) is 6.26. The molecule has 7 heteroatoms. The molecule has 0 atom stereocenters. The van der Waals surface area contributed by atoms with Crippen LogP contribution in [-0.4, -0.2) is 32.7 Å². The fraction of sp³-hybridized carbons (Fsp3) is 0.222. The summed E-state index contributed by atoms with van der Waals surface area (Å²) >= 11 is 0. The van der Waals surface area contributed by atoms with E-state index in [2.05, 4.69) is 10.0 Å². The van der Waals surface area contributed by atoms with E-state index in [1.54, 1.807) is 0 Å². The van der Waals surface area contributed by atoms with Crippen molar-refractivity contribution >= 4 is 21.6 Å². The maximum absolute atomic E-state index is 11.4. The Kier molecular flexibility index (Phi) is 3.38. The third kappa shape index (κ3) is 2.86. The van der Waals surface area contributed by atoms with Crippen molar-refractivity contribution in [2.75, 3.05) is 18.0 Å². The highest BCUT2D eigenvalue weighted by molar-refractivity contribution is 7.92. The Hall–Kier alpha value is -1.76. The van der Waals surface area contributed by atoms with E-state index < -0.39 is 15.9 Å². The van der Waals surface area contributed by atoms with Gasteiger partial charge in [-0.1, -0.05) is 6.07 Å². The monoisotopic (exact) mass is 244 g/mol. The van der Waals surface area contributed by atoms with Crippen molar-refractivity contribution in [3.63, 3.8) is 0 Å². The summed E-state index contributed by atoms with van der Waals surface area (Å²) in [6.45, 7) is 0. The fourth-order valence-corrected chi connectivity index (χ4v) is 1.74. The van der Waals surface area contributed by atoms with Gasteiger partial charge in [0.15, 0.2) is 0 Å². The summed E-state index contributed by atoms with van der Waals surface area (Å²) < 4.78 is 24.2. The Labute approximate surface area is 93.3 Å². The van der Waals surface area contributed by atoms with Crippen molar-refractivity contribution in [2.24, 2.45) is 0 Å². The number of phenols is 1. The molecule has 0 aliphatic carbocycles. The summed E-state index contributed by atoms with van der Waals surface area (Å²) in [5.41, 5.74) is -0.0581. The number of para-hydroxylation sites is 1. The van der Waals surface area contributed by atoms with Crippen molar-refractivity contribution < 1.29 is 18.3 Å². The van der Waals surface area contributed by atoms with Crippen LogP contribution in [0.3, 0.4) is 0 Å². The lowest BCUT2D eigenvalue weighted by molar-refractivity contribution is 0.0963. The van der Waals surface area contributed by atoms with Crippen LogP contribution in [0.15, 0.2) is 18.2 Å². The lowest BCUT2D eigenvalue weighted by atomic mass is 10.1. The van der Waals surface area contributed by atoms with Crippen LogP contribution in [0.4, 0.5) is 5.69 Å². The predicted molar refractivity (Wildman–Crippen MR) is 60.0 cm³/mol. The van der Waals surface area contributed by atoms with E-state index in [0.29, 0.717) is 0 Å².